The summed E-state index contributed by atoms with van der Waals surface area (Å²) in [7, 11) is 1.66. The monoisotopic (exact) mass is 345 g/mol. The van der Waals surface area contributed by atoms with Crippen LogP contribution in [0, 0.1) is 6.92 Å². The summed E-state index contributed by atoms with van der Waals surface area (Å²) in [5.74, 6) is 0.819. The van der Waals surface area contributed by atoms with E-state index in [1.54, 1.807) is 7.11 Å². The number of ether oxygens (including phenoxy) is 1. The van der Waals surface area contributed by atoms with E-state index in [1.165, 1.54) is 11.1 Å². The predicted octanol–water partition coefficient (Wildman–Crippen LogP) is 5.09. The van der Waals surface area contributed by atoms with Crippen molar-refractivity contribution >= 4 is 28.8 Å². The first kappa shape index (κ1) is 16.6. The van der Waals surface area contributed by atoms with Crippen LogP contribution in [-0.2, 0) is 4.79 Å². The molecule has 0 bridgehead atoms. The van der Waals surface area contributed by atoms with Gasteiger partial charge in [0.2, 0.25) is 0 Å². The van der Waals surface area contributed by atoms with Gasteiger partial charge in [-0.2, -0.15) is 0 Å². The molecular formula is C23H23NO2. The van der Waals surface area contributed by atoms with Crippen LogP contribution in [0.2, 0.25) is 0 Å². The maximum atomic E-state index is 13.4. The van der Waals surface area contributed by atoms with Gasteiger partial charge >= 0.3 is 0 Å². The number of aryl methyl sites for hydroxylation is 1. The molecule has 2 aliphatic rings. The Kier molecular flexibility index (Phi) is 3.58. The third-order valence-electron chi connectivity index (χ3n) is 5.23. The molecule has 1 amide bonds. The minimum absolute atomic E-state index is 0.0452. The number of benzene rings is 2. The maximum absolute atomic E-state index is 13.4. The highest BCUT2D eigenvalue weighted by Crippen LogP contribution is 2.50. The smallest absolute Gasteiger partial charge is 0.259 e. The molecule has 0 saturated carbocycles. The topological polar surface area (TPSA) is 29.5 Å². The molecule has 0 fully saturated rings. The van der Waals surface area contributed by atoms with E-state index in [9.17, 15) is 4.79 Å². The molecule has 2 aromatic carbocycles. The summed E-state index contributed by atoms with van der Waals surface area (Å²) >= 11 is 0. The Balaban J connectivity index is 1.98. The number of hydrogen-bond donors (Lipinski definition) is 0. The minimum atomic E-state index is -0.361. The fourth-order valence-electron chi connectivity index (χ4n) is 4.00. The molecule has 2 aliphatic heterocycles. The first-order valence-electron chi connectivity index (χ1n) is 8.87. The van der Waals surface area contributed by atoms with Crippen LogP contribution in [0.5, 0.6) is 5.75 Å². The summed E-state index contributed by atoms with van der Waals surface area (Å²) in [6, 6.07) is 12.2. The van der Waals surface area contributed by atoms with Crippen molar-refractivity contribution < 1.29 is 9.53 Å². The molecule has 2 heterocycles. The minimum Gasteiger partial charge on any atom is -0.497 e. The highest BCUT2D eigenvalue weighted by Gasteiger charge is 2.44. The molecular weight excluding hydrogens is 322 g/mol. The number of hydrogen-bond acceptors (Lipinski definition) is 2. The fraction of sp³-hybridized carbons (Fsp3) is 0.261. The van der Waals surface area contributed by atoms with Crippen LogP contribution in [0.4, 0.5) is 5.69 Å². The van der Waals surface area contributed by atoms with E-state index < -0.39 is 0 Å². The molecule has 0 atom stereocenters. The van der Waals surface area contributed by atoms with Crippen molar-refractivity contribution in [3.05, 3.63) is 64.7 Å². The van der Waals surface area contributed by atoms with Gasteiger partial charge in [-0.1, -0.05) is 35.9 Å². The largest absolute Gasteiger partial charge is 0.497 e. The molecule has 2 aromatic rings. The predicted molar refractivity (Wildman–Crippen MR) is 107 cm³/mol. The zero-order chi connectivity index (χ0) is 18.6. The number of anilines is 1. The Morgan fingerprint density at radius 2 is 1.69 bits per heavy atom. The van der Waals surface area contributed by atoms with E-state index in [-0.39, 0.29) is 11.4 Å². The van der Waals surface area contributed by atoms with E-state index in [0.29, 0.717) is 0 Å². The van der Waals surface area contributed by atoms with E-state index in [2.05, 4.69) is 45.9 Å². The normalized spacial score (nSPS) is 18.8. The SMILES string of the molecule is COc1cc2c3c(c1)C(=Cc1ccc(C)cc1)C(=O)N3C(C)(C)C=C2C. The maximum Gasteiger partial charge on any atom is 0.259 e. The Morgan fingerprint density at radius 3 is 2.35 bits per heavy atom. The summed E-state index contributed by atoms with van der Waals surface area (Å²) < 4.78 is 5.51. The number of carbonyl (C=O) groups is 1. The number of amides is 1. The van der Waals surface area contributed by atoms with Gasteiger partial charge in [-0.25, -0.2) is 0 Å². The summed E-state index contributed by atoms with van der Waals surface area (Å²) in [6.45, 7) is 8.33. The van der Waals surface area contributed by atoms with Crippen molar-refractivity contribution in [3.63, 3.8) is 0 Å². The van der Waals surface area contributed by atoms with Crippen molar-refractivity contribution in [2.45, 2.75) is 33.2 Å². The number of allylic oxidation sites excluding steroid dienone is 1. The molecule has 3 heteroatoms. The van der Waals surface area contributed by atoms with Crippen LogP contribution >= 0.6 is 0 Å². The second-order valence-electron chi connectivity index (χ2n) is 7.66. The summed E-state index contributed by atoms with van der Waals surface area (Å²) in [5, 5.41) is 0. The van der Waals surface area contributed by atoms with Gasteiger partial charge in [-0.3, -0.25) is 9.69 Å². The molecule has 0 unspecified atom stereocenters. The van der Waals surface area contributed by atoms with Crippen LogP contribution < -0.4 is 9.64 Å². The summed E-state index contributed by atoms with van der Waals surface area (Å²) in [6.07, 6.45) is 4.14. The molecule has 0 radical (unpaired) electrons. The lowest BCUT2D eigenvalue weighted by molar-refractivity contribution is -0.113. The van der Waals surface area contributed by atoms with E-state index >= 15 is 0 Å². The van der Waals surface area contributed by atoms with Gasteiger partial charge < -0.3 is 4.74 Å². The van der Waals surface area contributed by atoms with Gasteiger partial charge in [0.05, 0.1) is 23.9 Å². The van der Waals surface area contributed by atoms with Crippen molar-refractivity contribution in [1.82, 2.24) is 0 Å². The van der Waals surface area contributed by atoms with Gasteiger partial charge in [0.15, 0.2) is 0 Å². The zero-order valence-corrected chi connectivity index (χ0v) is 15.9. The van der Waals surface area contributed by atoms with Crippen molar-refractivity contribution in [3.8, 4) is 5.75 Å². The molecule has 4 rings (SSSR count). The van der Waals surface area contributed by atoms with Crippen LogP contribution in [0.3, 0.4) is 0 Å². The van der Waals surface area contributed by atoms with Crippen LogP contribution in [0.25, 0.3) is 17.2 Å². The summed E-state index contributed by atoms with van der Waals surface area (Å²) in [5.41, 5.74) is 6.78. The molecule has 3 nitrogen and oxygen atoms in total. The number of methoxy groups -OCH3 is 1. The van der Waals surface area contributed by atoms with Crippen LogP contribution in [0.1, 0.15) is 43.0 Å². The zero-order valence-electron chi connectivity index (χ0n) is 15.9. The van der Waals surface area contributed by atoms with E-state index in [4.69, 9.17) is 4.74 Å². The third-order valence-corrected chi connectivity index (χ3v) is 5.23. The highest BCUT2D eigenvalue weighted by molar-refractivity contribution is 6.37. The lowest BCUT2D eigenvalue weighted by Crippen LogP contribution is -2.46. The van der Waals surface area contributed by atoms with Crippen molar-refractivity contribution in [2.24, 2.45) is 0 Å². The third kappa shape index (κ3) is 2.38. The second-order valence-corrected chi connectivity index (χ2v) is 7.66. The van der Waals surface area contributed by atoms with Crippen molar-refractivity contribution in [1.29, 1.82) is 0 Å². The molecule has 0 spiro atoms. The standard InChI is InChI=1S/C23H23NO2/c1-14-6-8-16(9-7-14)10-20-19-12-17(26-5)11-18-15(2)13-23(3,4)24(21(18)19)22(20)25/h6-13H,1-5H3. The van der Waals surface area contributed by atoms with Gasteiger partial charge in [0.25, 0.3) is 5.91 Å². The number of rotatable bonds is 2. The molecule has 0 N–H and O–H groups in total. The first-order valence-corrected chi connectivity index (χ1v) is 8.87. The van der Waals surface area contributed by atoms with Crippen LogP contribution in [-0.4, -0.2) is 18.6 Å². The van der Waals surface area contributed by atoms with Gasteiger partial charge in [-0.05, 0) is 57.0 Å². The Hall–Kier alpha value is -2.81. The quantitative estimate of drug-likeness (QED) is 0.710. The molecule has 0 saturated heterocycles. The Morgan fingerprint density at radius 1 is 1.04 bits per heavy atom. The average molecular weight is 345 g/mol. The lowest BCUT2D eigenvalue weighted by atomic mass is 9.89. The van der Waals surface area contributed by atoms with E-state index in [0.717, 1.165) is 33.7 Å². The lowest BCUT2D eigenvalue weighted by Gasteiger charge is -2.38. The van der Waals surface area contributed by atoms with Gasteiger partial charge in [0, 0.05) is 11.1 Å². The molecule has 0 aliphatic carbocycles. The first-order chi connectivity index (χ1) is 12.3. The highest BCUT2D eigenvalue weighted by atomic mass is 16.5. The number of nitrogens with zero attached hydrogens (tertiary/aromatic N) is 1. The molecule has 132 valence electrons. The number of carbonyl (C=O) groups excluding carboxylic acids is 1. The Labute approximate surface area is 154 Å². The average Bonchev–Trinajstić information content (AvgIpc) is 2.87. The fourth-order valence-corrected chi connectivity index (χ4v) is 4.00. The summed E-state index contributed by atoms with van der Waals surface area (Å²) in [4.78, 5) is 15.3. The molecule has 26 heavy (non-hydrogen) atoms. The van der Waals surface area contributed by atoms with E-state index in [1.807, 2.05) is 35.2 Å². The van der Waals surface area contributed by atoms with Gasteiger partial charge in [-0.15, -0.1) is 0 Å². The van der Waals surface area contributed by atoms with Crippen molar-refractivity contribution in [2.75, 3.05) is 12.0 Å². The van der Waals surface area contributed by atoms with Gasteiger partial charge in [0.1, 0.15) is 5.75 Å². The van der Waals surface area contributed by atoms with Crippen LogP contribution in [0.15, 0.2) is 42.5 Å². The Bertz CT molecular complexity index is 978. The molecule has 0 aromatic heterocycles. The second kappa shape index (κ2) is 5.60.